The number of benzene rings is 2. The average molecular weight is 478 g/mol. The van der Waals surface area contributed by atoms with Crippen LogP contribution in [-0.4, -0.2) is 48.7 Å². The topological polar surface area (TPSA) is 71.1 Å². The second-order valence-electron chi connectivity index (χ2n) is 10.7. The van der Waals surface area contributed by atoms with E-state index in [4.69, 9.17) is 9.47 Å². The highest BCUT2D eigenvalue weighted by Crippen LogP contribution is 2.44. The summed E-state index contributed by atoms with van der Waals surface area (Å²) < 4.78 is 11.9. The van der Waals surface area contributed by atoms with Gasteiger partial charge in [0.1, 0.15) is 18.0 Å². The van der Waals surface area contributed by atoms with Gasteiger partial charge in [-0.15, -0.1) is 0 Å². The van der Waals surface area contributed by atoms with Gasteiger partial charge in [0.25, 0.3) is 5.91 Å². The number of hydrogen-bond donors (Lipinski definition) is 1. The summed E-state index contributed by atoms with van der Waals surface area (Å²) in [6.07, 6.45) is 4.05. The second kappa shape index (κ2) is 9.53. The van der Waals surface area contributed by atoms with Gasteiger partial charge in [-0.3, -0.25) is 14.6 Å². The number of fused-ring (bicyclic) bond motifs is 2. The molecule has 0 bridgehead atoms. The van der Waals surface area contributed by atoms with Crippen molar-refractivity contribution in [1.29, 1.82) is 0 Å². The maximum absolute atomic E-state index is 13.4. The van der Waals surface area contributed by atoms with Crippen molar-refractivity contribution in [3.8, 4) is 5.75 Å². The number of nitrogens with zero attached hydrogens (tertiary/aromatic N) is 2. The molecule has 2 amide bonds. The van der Waals surface area contributed by atoms with Gasteiger partial charge in [-0.05, 0) is 88.0 Å². The van der Waals surface area contributed by atoms with Crippen LogP contribution in [0.3, 0.4) is 0 Å². The van der Waals surface area contributed by atoms with E-state index in [0.29, 0.717) is 25.1 Å². The number of nitrogens with one attached hydrogen (secondary N) is 1. The predicted molar refractivity (Wildman–Crippen MR) is 135 cm³/mol. The Kier molecular flexibility index (Phi) is 6.45. The highest BCUT2D eigenvalue weighted by molar-refractivity contribution is 6.01. The van der Waals surface area contributed by atoms with Crippen LogP contribution in [0, 0.1) is 0 Å². The standard InChI is InChI=1S/C28H35N3O4/c1-28(2,3)35-27(33)31-23-11-10-21(34-15-14-30-12-5-4-6-13-30)16-20(23)17-24(31)22-9-7-8-19-18-29-26(32)25(19)22/h7-11,16,24H,4-6,12-15,17-18H2,1-3H3,(H,29,32). The molecule has 0 radical (unpaired) electrons. The van der Waals surface area contributed by atoms with Gasteiger partial charge in [0.2, 0.25) is 0 Å². The third-order valence-corrected chi connectivity index (χ3v) is 6.96. The third-order valence-electron chi connectivity index (χ3n) is 6.96. The van der Waals surface area contributed by atoms with Gasteiger partial charge in [0, 0.05) is 18.7 Å². The Morgan fingerprint density at radius 1 is 1.09 bits per heavy atom. The molecule has 1 unspecified atom stereocenters. The number of amides is 2. The normalized spacial score (nSPS) is 19.8. The van der Waals surface area contributed by atoms with E-state index >= 15 is 0 Å². The molecule has 186 valence electrons. The van der Waals surface area contributed by atoms with Gasteiger partial charge in [-0.1, -0.05) is 24.6 Å². The highest BCUT2D eigenvalue weighted by atomic mass is 16.6. The minimum atomic E-state index is -0.627. The fraction of sp³-hybridized carbons (Fsp3) is 0.500. The summed E-state index contributed by atoms with van der Waals surface area (Å²) in [5.74, 6) is 0.721. The largest absolute Gasteiger partial charge is 0.492 e. The molecule has 2 aromatic rings. The van der Waals surface area contributed by atoms with E-state index in [-0.39, 0.29) is 11.9 Å². The molecule has 1 saturated heterocycles. The van der Waals surface area contributed by atoms with Crippen molar-refractivity contribution in [3.05, 3.63) is 58.7 Å². The molecule has 0 aromatic heterocycles. The molecule has 0 saturated carbocycles. The molecule has 5 rings (SSSR count). The quantitative estimate of drug-likeness (QED) is 0.668. The van der Waals surface area contributed by atoms with Gasteiger partial charge in [0.15, 0.2) is 0 Å². The van der Waals surface area contributed by atoms with Crippen LogP contribution in [0.2, 0.25) is 0 Å². The van der Waals surface area contributed by atoms with Crippen LogP contribution in [0.25, 0.3) is 0 Å². The van der Waals surface area contributed by atoms with E-state index in [1.54, 1.807) is 4.90 Å². The number of ether oxygens (including phenoxy) is 2. The third kappa shape index (κ3) is 5.01. The van der Waals surface area contributed by atoms with Gasteiger partial charge in [-0.2, -0.15) is 0 Å². The molecule has 3 heterocycles. The van der Waals surface area contributed by atoms with Crippen molar-refractivity contribution in [3.63, 3.8) is 0 Å². The number of carbonyl (C=O) groups excluding carboxylic acids is 2. The molecule has 3 aliphatic rings. The zero-order valence-corrected chi connectivity index (χ0v) is 20.9. The Balaban J connectivity index is 1.41. The van der Waals surface area contributed by atoms with E-state index < -0.39 is 11.7 Å². The van der Waals surface area contributed by atoms with Gasteiger partial charge in [0.05, 0.1) is 11.7 Å². The summed E-state index contributed by atoms with van der Waals surface area (Å²) in [6.45, 7) is 9.98. The monoisotopic (exact) mass is 477 g/mol. The summed E-state index contributed by atoms with van der Waals surface area (Å²) in [4.78, 5) is 30.2. The fourth-order valence-corrected chi connectivity index (χ4v) is 5.36. The van der Waals surface area contributed by atoms with Gasteiger partial charge in [-0.25, -0.2) is 4.79 Å². The number of piperidine rings is 1. The van der Waals surface area contributed by atoms with E-state index in [1.807, 2.05) is 57.2 Å². The smallest absolute Gasteiger partial charge is 0.415 e. The minimum absolute atomic E-state index is 0.0857. The minimum Gasteiger partial charge on any atom is -0.492 e. The van der Waals surface area contributed by atoms with Crippen molar-refractivity contribution in [2.24, 2.45) is 0 Å². The lowest BCUT2D eigenvalue weighted by molar-refractivity contribution is 0.0568. The summed E-state index contributed by atoms with van der Waals surface area (Å²) in [5.41, 5.74) is 3.70. The maximum atomic E-state index is 13.4. The first-order valence-corrected chi connectivity index (χ1v) is 12.7. The molecular formula is C28H35N3O4. The number of likely N-dealkylation sites (tertiary alicyclic amines) is 1. The fourth-order valence-electron chi connectivity index (χ4n) is 5.36. The maximum Gasteiger partial charge on any atom is 0.415 e. The molecule has 1 N–H and O–H groups in total. The van der Waals surface area contributed by atoms with Gasteiger partial charge >= 0.3 is 6.09 Å². The SMILES string of the molecule is CC(C)(C)OC(=O)N1c2ccc(OCCN3CCCCC3)cc2CC1c1cccc2c1C(=O)NC2. The van der Waals surface area contributed by atoms with Crippen molar-refractivity contribution < 1.29 is 19.1 Å². The zero-order chi connectivity index (χ0) is 24.6. The van der Waals surface area contributed by atoms with Crippen LogP contribution in [0.15, 0.2) is 36.4 Å². The van der Waals surface area contributed by atoms with Crippen LogP contribution >= 0.6 is 0 Å². The molecule has 1 fully saturated rings. The highest BCUT2D eigenvalue weighted by Gasteiger charge is 2.40. The van der Waals surface area contributed by atoms with Crippen LogP contribution in [0.1, 0.15) is 73.1 Å². The van der Waals surface area contributed by atoms with E-state index in [9.17, 15) is 9.59 Å². The summed E-state index contributed by atoms with van der Waals surface area (Å²) >= 11 is 0. The molecule has 35 heavy (non-hydrogen) atoms. The first-order chi connectivity index (χ1) is 16.8. The number of carbonyl (C=O) groups is 2. The molecule has 1 atom stereocenters. The molecule has 3 aliphatic heterocycles. The summed E-state index contributed by atoms with van der Waals surface area (Å²) in [5, 5.41) is 2.91. The molecule has 0 aliphatic carbocycles. The van der Waals surface area contributed by atoms with Crippen LogP contribution in [0.4, 0.5) is 10.5 Å². The molecule has 0 spiro atoms. The Morgan fingerprint density at radius 2 is 1.89 bits per heavy atom. The van der Waals surface area contributed by atoms with Crippen molar-refractivity contribution in [1.82, 2.24) is 10.2 Å². The Hall–Kier alpha value is -3.06. The molecule has 7 heteroatoms. The number of rotatable bonds is 5. The van der Waals surface area contributed by atoms with Crippen LogP contribution < -0.4 is 15.0 Å². The Labute approximate surface area is 207 Å². The Morgan fingerprint density at radius 3 is 2.66 bits per heavy atom. The lowest BCUT2D eigenvalue weighted by Crippen LogP contribution is -2.38. The lowest BCUT2D eigenvalue weighted by atomic mass is 9.94. The van der Waals surface area contributed by atoms with E-state index in [0.717, 1.165) is 47.8 Å². The van der Waals surface area contributed by atoms with Crippen LogP contribution in [-0.2, 0) is 17.7 Å². The average Bonchev–Trinajstić information content (AvgIpc) is 3.39. The van der Waals surface area contributed by atoms with Crippen molar-refractivity contribution in [2.75, 3.05) is 31.1 Å². The Bertz CT molecular complexity index is 1120. The molecule has 7 nitrogen and oxygen atoms in total. The number of hydrogen-bond acceptors (Lipinski definition) is 5. The molecule has 2 aromatic carbocycles. The second-order valence-corrected chi connectivity index (χ2v) is 10.7. The van der Waals surface area contributed by atoms with Gasteiger partial charge < -0.3 is 14.8 Å². The van der Waals surface area contributed by atoms with E-state index in [1.165, 1.54) is 19.3 Å². The summed E-state index contributed by atoms with van der Waals surface area (Å²) in [6, 6.07) is 11.5. The predicted octanol–water partition coefficient (Wildman–Crippen LogP) is 4.83. The summed E-state index contributed by atoms with van der Waals surface area (Å²) in [7, 11) is 0. The van der Waals surface area contributed by atoms with Crippen LogP contribution in [0.5, 0.6) is 5.75 Å². The van der Waals surface area contributed by atoms with Crippen molar-refractivity contribution in [2.45, 2.75) is 64.6 Å². The molecular weight excluding hydrogens is 442 g/mol. The first-order valence-electron chi connectivity index (χ1n) is 12.7. The van der Waals surface area contributed by atoms with E-state index in [2.05, 4.69) is 10.2 Å². The lowest BCUT2D eigenvalue weighted by Gasteiger charge is -2.30. The first kappa shape index (κ1) is 23.7. The zero-order valence-electron chi connectivity index (χ0n) is 20.9. The van der Waals surface area contributed by atoms with Crippen molar-refractivity contribution >= 4 is 17.7 Å². The number of anilines is 1.